The van der Waals surface area contributed by atoms with Crippen LogP contribution in [0.1, 0.15) is 49.4 Å². The summed E-state index contributed by atoms with van der Waals surface area (Å²) in [4.78, 5) is 26.5. The fourth-order valence-corrected chi connectivity index (χ4v) is 4.05. The first-order chi connectivity index (χ1) is 14.7. The van der Waals surface area contributed by atoms with E-state index in [2.05, 4.69) is 16.0 Å². The number of nitrogens with one attached hydrogen (secondary N) is 1. The van der Waals surface area contributed by atoms with Gasteiger partial charge in [-0.1, -0.05) is 0 Å². The smallest absolute Gasteiger partial charge is 0.225 e. The minimum Gasteiger partial charge on any atom is -0.381 e. The van der Waals surface area contributed by atoms with Crippen LogP contribution >= 0.6 is 0 Å². The summed E-state index contributed by atoms with van der Waals surface area (Å²) in [5, 5.41) is 9.99. The van der Waals surface area contributed by atoms with Crippen LogP contribution in [0.5, 0.6) is 0 Å². The molecule has 7 nitrogen and oxygen atoms in total. The van der Waals surface area contributed by atoms with Crippen molar-refractivity contribution in [1.82, 2.24) is 19.9 Å². The molecule has 0 unspecified atom stereocenters. The number of benzene rings is 1. The van der Waals surface area contributed by atoms with Gasteiger partial charge in [0.1, 0.15) is 5.82 Å². The Bertz CT molecular complexity index is 1110. The molecule has 1 aromatic carbocycles. The molecule has 1 saturated carbocycles. The molecule has 3 aliphatic rings. The number of nitrogens with zero attached hydrogens (tertiary/aromatic N) is 4. The zero-order valence-corrected chi connectivity index (χ0v) is 16.9. The molecule has 0 atom stereocenters. The Kier molecular flexibility index (Phi) is 5.09. The summed E-state index contributed by atoms with van der Waals surface area (Å²) < 4.78 is 5.07. The first-order valence-corrected chi connectivity index (χ1v) is 10.8. The van der Waals surface area contributed by atoms with Crippen LogP contribution in [0.2, 0.25) is 0 Å². The van der Waals surface area contributed by atoms with E-state index in [1.54, 1.807) is 12.3 Å². The van der Waals surface area contributed by atoms with Crippen molar-refractivity contribution in [2.75, 3.05) is 26.3 Å². The Morgan fingerprint density at radius 1 is 1.20 bits per heavy atom. The van der Waals surface area contributed by atoms with Crippen molar-refractivity contribution in [3.8, 4) is 6.07 Å². The third-order valence-electron chi connectivity index (χ3n) is 6.05. The van der Waals surface area contributed by atoms with Gasteiger partial charge in [0.05, 0.1) is 40.3 Å². The Morgan fingerprint density at radius 2 is 2.00 bits per heavy atom. The molecular formula is C23H25N5O2. The van der Waals surface area contributed by atoms with Crippen LogP contribution in [0.25, 0.3) is 21.9 Å². The van der Waals surface area contributed by atoms with Gasteiger partial charge in [-0.05, 0) is 50.3 Å². The lowest BCUT2D eigenvalue weighted by atomic mass is 9.99. The number of aromatic amines is 1. The molecule has 154 valence electrons. The number of hydrogen-bond acceptors (Lipinski definition) is 5. The van der Waals surface area contributed by atoms with Crippen LogP contribution in [0.15, 0.2) is 24.4 Å². The third-order valence-corrected chi connectivity index (χ3v) is 6.05. The molecule has 6 rings (SSSR count). The van der Waals surface area contributed by atoms with Gasteiger partial charge in [-0.15, -0.1) is 0 Å². The molecule has 1 amide bonds. The predicted molar refractivity (Wildman–Crippen MR) is 113 cm³/mol. The van der Waals surface area contributed by atoms with Gasteiger partial charge in [-0.3, -0.25) is 9.78 Å². The maximum Gasteiger partial charge on any atom is 0.225 e. The van der Waals surface area contributed by atoms with E-state index in [1.807, 2.05) is 17.0 Å². The van der Waals surface area contributed by atoms with Crippen LogP contribution in [-0.2, 0) is 9.53 Å². The van der Waals surface area contributed by atoms with Gasteiger partial charge < -0.3 is 14.6 Å². The Labute approximate surface area is 175 Å². The van der Waals surface area contributed by atoms with E-state index in [1.165, 1.54) is 19.3 Å². The van der Waals surface area contributed by atoms with Gasteiger partial charge in [0.15, 0.2) is 0 Å². The van der Waals surface area contributed by atoms with E-state index in [0.717, 1.165) is 66.9 Å². The molecule has 2 aromatic heterocycles. The number of fused-ring (bicyclic) bond motifs is 3. The van der Waals surface area contributed by atoms with Crippen molar-refractivity contribution in [2.24, 2.45) is 5.92 Å². The second kappa shape index (κ2) is 8.04. The number of imidazole rings is 1. The van der Waals surface area contributed by atoms with Crippen LogP contribution < -0.4 is 0 Å². The van der Waals surface area contributed by atoms with E-state index in [0.29, 0.717) is 11.5 Å². The summed E-state index contributed by atoms with van der Waals surface area (Å²) in [7, 11) is 0. The number of likely N-dealkylation sites (tertiary alicyclic amines) is 1. The van der Waals surface area contributed by atoms with Gasteiger partial charge in [-0.25, -0.2) is 4.98 Å². The van der Waals surface area contributed by atoms with Crippen molar-refractivity contribution in [1.29, 1.82) is 5.26 Å². The molecule has 0 spiro atoms. The van der Waals surface area contributed by atoms with Crippen molar-refractivity contribution in [3.63, 3.8) is 0 Å². The number of nitriles is 1. The van der Waals surface area contributed by atoms with Crippen LogP contribution in [0.3, 0.4) is 0 Å². The maximum atomic E-state index is 12.0. The summed E-state index contributed by atoms with van der Waals surface area (Å²) in [6, 6.07) is 7.61. The predicted octanol–water partition coefficient (Wildman–Crippen LogP) is 3.51. The highest BCUT2D eigenvalue weighted by atomic mass is 16.5. The van der Waals surface area contributed by atoms with E-state index in [-0.39, 0.29) is 11.8 Å². The lowest BCUT2D eigenvalue weighted by Gasteiger charge is -2.38. The Balaban J connectivity index is 0.000000279. The average Bonchev–Trinajstić information content (AvgIpc) is 3.53. The molecule has 3 aromatic rings. The van der Waals surface area contributed by atoms with Crippen LogP contribution in [0, 0.1) is 17.2 Å². The third kappa shape index (κ3) is 3.75. The van der Waals surface area contributed by atoms with Gasteiger partial charge >= 0.3 is 0 Å². The summed E-state index contributed by atoms with van der Waals surface area (Å²) in [5.74, 6) is 1.74. The Morgan fingerprint density at radius 3 is 2.63 bits per heavy atom. The van der Waals surface area contributed by atoms with Crippen molar-refractivity contribution in [3.05, 3.63) is 35.8 Å². The van der Waals surface area contributed by atoms with Gasteiger partial charge in [-0.2, -0.15) is 5.26 Å². The first kappa shape index (κ1) is 19.0. The molecule has 0 radical (unpaired) electrons. The summed E-state index contributed by atoms with van der Waals surface area (Å²) in [5.41, 5.74) is 3.16. The molecule has 1 N–H and O–H groups in total. The molecule has 0 bridgehead atoms. The highest BCUT2D eigenvalue weighted by molar-refractivity contribution is 6.02. The number of pyridine rings is 1. The monoisotopic (exact) mass is 403 g/mol. The molecule has 4 heterocycles. The number of H-pyrrole nitrogens is 1. The minimum atomic E-state index is 0.259. The fourth-order valence-electron chi connectivity index (χ4n) is 4.05. The molecular weight excluding hydrogens is 378 g/mol. The molecule has 2 aliphatic heterocycles. The molecule has 30 heavy (non-hydrogen) atoms. The second-order valence-corrected chi connectivity index (χ2v) is 8.37. The highest BCUT2D eigenvalue weighted by Gasteiger charge is 2.40. The number of amides is 1. The van der Waals surface area contributed by atoms with E-state index in [9.17, 15) is 4.79 Å². The number of ether oxygens (including phenoxy) is 1. The summed E-state index contributed by atoms with van der Waals surface area (Å²) in [6.07, 6.45) is 7.80. The first-order valence-electron chi connectivity index (χ1n) is 10.8. The zero-order valence-electron chi connectivity index (χ0n) is 16.9. The molecule has 1 aliphatic carbocycles. The SMILES string of the molecule is C1CCOCC1.N#Cc1ccc2ncc3[nH]c(C4CN(C(=O)C5CC5)C4)nc3c2c1. The Hall–Kier alpha value is -2.98. The molecule has 2 saturated heterocycles. The highest BCUT2D eigenvalue weighted by Crippen LogP contribution is 2.36. The van der Waals surface area contributed by atoms with Crippen LogP contribution in [0.4, 0.5) is 0 Å². The number of carbonyl (C=O) groups excluding carboxylic acids is 1. The topological polar surface area (TPSA) is 94.9 Å². The maximum absolute atomic E-state index is 12.0. The average molecular weight is 403 g/mol. The van der Waals surface area contributed by atoms with Gasteiger partial charge in [0, 0.05) is 37.6 Å². The van der Waals surface area contributed by atoms with Crippen molar-refractivity contribution in [2.45, 2.75) is 38.0 Å². The largest absolute Gasteiger partial charge is 0.381 e. The van der Waals surface area contributed by atoms with Gasteiger partial charge in [0.2, 0.25) is 5.91 Å². The standard InChI is InChI=1S/C18H15N5O.C5H10O/c19-6-10-1-4-14-13(5-10)16-15(7-20-14)21-17(22-16)12-8-23(9-12)18(24)11-2-3-11;1-2-4-6-5-3-1/h1,4-5,7,11-12H,2-3,8-9H2,(H,21,22);1-5H2. The summed E-state index contributed by atoms with van der Waals surface area (Å²) >= 11 is 0. The van der Waals surface area contributed by atoms with Gasteiger partial charge in [0.25, 0.3) is 0 Å². The fraction of sp³-hybridized carbons (Fsp3) is 0.478. The lowest BCUT2D eigenvalue weighted by molar-refractivity contribution is -0.137. The quantitative estimate of drug-likeness (QED) is 0.707. The number of rotatable bonds is 2. The molecule has 3 fully saturated rings. The summed E-state index contributed by atoms with van der Waals surface area (Å²) in [6.45, 7) is 3.48. The minimum absolute atomic E-state index is 0.259. The number of carbonyl (C=O) groups is 1. The number of aromatic nitrogens is 3. The van der Waals surface area contributed by atoms with E-state index < -0.39 is 0 Å². The van der Waals surface area contributed by atoms with E-state index >= 15 is 0 Å². The zero-order chi connectivity index (χ0) is 20.5. The second-order valence-electron chi connectivity index (χ2n) is 8.37. The lowest BCUT2D eigenvalue weighted by Crippen LogP contribution is -2.49. The molecule has 7 heteroatoms. The number of hydrogen-bond donors (Lipinski definition) is 1. The van der Waals surface area contributed by atoms with Crippen molar-refractivity contribution < 1.29 is 9.53 Å². The van der Waals surface area contributed by atoms with Crippen molar-refractivity contribution >= 4 is 27.8 Å². The van der Waals surface area contributed by atoms with Crippen LogP contribution in [-0.4, -0.2) is 52.1 Å². The normalized spacial score (nSPS) is 19.1. The van der Waals surface area contributed by atoms with E-state index in [4.69, 9.17) is 15.0 Å².